The highest BCUT2D eigenvalue weighted by molar-refractivity contribution is 5.91. The van der Waals surface area contributed by atoms with Crippen molar-refractivity contribution in [1.29, 1.82) is 0 Å². The van der Waals surface area contributed by atoms with E-state index in [9.17, 15) is 5.11 Å². The van der Waals surface area contributed by atoms with Crippen molar-refractivity contribution in [3.8, 4) is 17.2 Å². The molecule has 0 amide bonds. The molecule has 2 nitrogen and oxygen atoms in total. The first-order valence-electron chi connectivity index (χ1n) is 7.17. The zero-order chi connectivity index (χ0) is 14.9. The van der Waals surface area contributed by atoms with Gasteiger partial charge in [0.15, 0.2) is 5.75 Å². The summed E-state index contributed by atoms with van der Waals surface area (Å²) in [6.45, 7) is 0. The molecule has 1 radical (unpaired) electrons. The van der Waals surface area contributed by atoms with Gasteiger partial charge in [-0.3, -0.25) is 5.11 Å². The molecular formula is C20H13O2. The van der Waals surface area contributed by atoms with E-state index in [1.807, 2.05) is 72.8 Å². The van der Waals surface area contributed by atoms with Crippen molar-refractivity contribution in [2.45, 2.75) is 0 Å². The van der Waals surface area contributed by atoms with E-state index in [1.165, 1.54) is 0 Å². The third-order valence-corrected chi connectivity index (χ3v) is 3.81. The van der Waals surface area contributed by atoms with Crippen LogP contribution in [0.25, 0.3) is 21.5 Å². The van der Waals surface area contributed by atoms with Crippen molar-refractivity contribution < 1.29 is 9.84 Å². The van der Waals surface area contributed by atoms with Gasteiger partial charge < -0.3 is 4.74 Å². The summed E-state index contributed by atoms with van der Waals surface area (Å²) in [7, 11) is 0. The monoisotopic (exact) mass is 285 g/mol. The summed E-state index contributed by atoms with van der Waals surface area (Å²) in [5.74, 6) is 0.978. The smallest absolute Gasteiger partial charge is 0.228 e. The molecule has 4 rings (SSSR count). The lowest BCUT2D eigenvalue weighted by atomic mass is 10.1. The molecular weight excluding hydrogens is 272 g/mol. The standard InChI is InChI=1S/C20H13O2/c21-20-17-10-4-2-7-15(17)12-13-19(20)22-18-11-5-8-14-6-1-3-9-16(14)18/h1-13H. The number of benzene rings is 4. The number of hydrogen-bond acceptors (Lipinski definition) is 1. The van der Waals surface area contributed by atoms with Crippen LogP contribution in [0.5, 0.6) is 17.2 Å². The number of hydrogen-bond donors (Lipinski definition) is 0. The Morgan fingerprint density at radius 1 is 0.545 bits per heavy atom. The Labute approximate surface area is 128 Å². The Morgan fingerprint density at radius 3 is 2.00 bits per heavy atom. The molecule has 4 aromatic rings. The van der Waals surface area contributed by atoms with Gasteiger partial charge in [0.05, 0.1) is 0 Å². The van der Waals surface area contributed by atoms with Crippen molar-refractivity contribution in [2.24, 2.45) is 0 Å². The minimum atomic E-state index is -0.0777. The highest BCUT2D eigenvalue weighted by Gasteiger charge is 2.11. The van der Waals surface area contributed by atoms with Gasteiger partial charge in [-0.15, -0.1) is 0 Å². The molecule has 0 aliphatic carbocycles. The summed E-state index contributed by atoms with van der Waals surface area (Å²) >= 11 is 0. The second-order valence-electron chi connectivity index (χ2n) is 5.19. The predicted octanol–water partition coefficient (Wildman–Crippen LogP) is 5.93. The van der Waals surface area contributed by atoms with E-state index in [0.717, 1.165) is 16.2 Å². The molecule has 0 aliphatic rings. The maximum Gasteiger partial charge on any atom is 0.228 e. The predicted molar refractivity (Wildman–Crippen MR) is 88.1 cm³/mol. The molecule has 0 fully saturated rings. The first kappa shape index (κ1) is 12.7. The molecule has 0 aromatic heterocycles. The summed E-state index contributed by atoms with van der Waals surface area (Å²) in [6, 6.07) is 25.0. The highest BCUT2D eigenvalue weighted by atomic mass is 16.5. The molecule has 0 saturated heterocycles. The molecule has 0 bridgehead atoms. The lowest BCUT2D eigenvalue weighted by Gasteiger charge is -2.10. The Balaban J connectivity index is 1.84. The van der Waals surface area contributed by atoms with Crippen LogP contribution < -0.4 is 4.74 Å². The molecule has 105 valence electrons. The van der Waals surface area contributed by atoms with Gasteiger partial charge in [0, 0.05) is 10.8 Å². The first-order chi connectivity index (χ1) is 10.8. The van der Waals surface area contributed by atoms with E-state index in [-0.39, 0.29) is 5.75 Å². The van der Waals surface area contributed by atoms with Gasteiger partial charge in [-0.1, -0.05) is 66.7 Å². The fourth-order valence-electron chi connectivity index (χ4n) is 2.71. The van der Waals surface area contributed by atoms with E-state index in [2.05, 4.69) is 0 Å². The minimum absolute atomic E-state index is 0.0777. The Hall–Kier alpha value is -3.00. The van der Waals surface area contributed by atoms with Crippen LogP contribution >= 0.6 is 0 Å². The van der Waals surface area contributed by atoms with Crippen LogP contribution in [0.2, 0.25) is 0 Å². The van der Waals surface area contributed by atoms with Gasteiger partial charge in [0.2, 0.25) is 5.75 Å². The molecule has 0 unspecified atom stereocenters. The molecule has 2 heteroatoms. The summed E-state index contributed by atoms with van der Waals surface area (Å²) < 4.78 is 5.92. The van der Waals surface area contributed by atoms with Crippen LogP contribution in [0, 0.1) is 0 Å². The zero-order valence-electron chi connectivity index (χ0n) is 11.8. The van der Waals surface area contributed by atoms with Gasteiger partial charge >= 0.3 is 0 Å². The first-order valence-corrected chi connectivity index (χ1v) is 7.17. The average Bonchev–Trinajstić information content (AvgIpc) is 2.58. The molecule has 0 N–H and O–H groups in total. The quantitative estimate of drug-likeness (QED) is 0.449. The maximum atomic E-state index is 12.5. The average molecular weight is 285 g/mol. The Morgan fingerprint density at radius 2 is 1.18 bits per heavy atom. The van der Waals surface area contributed by atoms with Crippen LogP contribution in [0.1, 0.15) is 0 Å². The number of ether oxygens (including phenoxy) is 1. The molecule has 0 spiro atoms. The van der Waals surface area contributed by atoms with E-state index in [0.29, 0.717) is 16.9 Å². The van der Waals surface area contributed by atoms with Crippen molar-refractivity contribution >= 4 is 21.5 Å². The fourth-order valence-corrected chi connectivity index (χ4v) is 2.71. The number of rotatable bonds is 2. The lowest BCUT2D eigenvalue weighted by Crippen LogP contribution is -1.87. The lowest BCUT2D eigenvalue weighted by molar-refractivity contribution is 0.335. The maximum absolute atomic E-state index is 12.5. The van der Waals surface area contributed by atoms with Gasteiger partial charge in [0.25, 0.3) is 0 Å². The minimum Gasteiger partial charge on any atom is -0.453 e. The molecule has 0 atom stereocenters. The van der Waals surface area contributed by atoms with E-state index in [4.69, 9.17) is 4.74 Å². The SMILES string of the molecule is [O]c1c(Oc2cccc3ccccc23)ccc2ccccc12. The molecule has 0 saturated carbocycles. The largest absolute Gasteiger partial charge is 0.453 e. The van der Waals surface area contributed by atoms with Crippen LogP contribution in [0.3, 0.4) is 0 Å². The highest BCUT2D eigenvalue weighted by Crippen LogP contribution is 2.39. The van der Waals surface area contributed by atoms with Crippen molar-refractivity contribution in [2.75, 3.05) is 0 Å². The molecule has 4 aromatic carbocycles. The summed E-state index contributed by atoms with van der Waals surface area (Å²) in [6.07, 6.45) is 0. The molecule has 22 heavy (non-hydrogen) atoms. The zero-order valence-corrected chi connectivity index (χ0v) is 11.8. The molecule has 0 heterocycles. The van der Waals surface area contributed by atoms with Crippen LogP contribution in [-0.2, 0) is 5.11 Å². The summed E-state index contributed by atoms with van der Waals surface area (Å²) in [5.41, 5.74) is 0. The van der Waals surface area contributed by atoms with Crippen molar-refractivity contribution in [3.05, 3.63) is 78.9 Å². The second kappa shape index (κ2) is 5.08. The topological polar surface area (TPSA) is 29.1 Å². The van der Waals surface area contributed by atoms with Crippen LogP contribution in [0.15, 0.2) is 78.9 Å². The van der Waals surface area contributed by atoms with Gasteiger partial charge in [-0.25, -0.2) is 0 Å². The van der Waals surface area contributed by atoms with Crippen molar-refractivity contribution in [3.63, 3.8) is 0 Å². The normalized spacial score (nSPS) is 10.9. The Bertz CT molecular complexity index is 968. The van der Waals surface area contributed by atoms with E-state index < -0.39 is 0 Å². The summed E-state index contributed by atoms with van der Waals surface area (Å²) in [4.78, 5) is 0. The van der Waals surface area contributed by atoms with Crippen molar-refractivity contribution in [1.82, 2.24) is 0 Å². The fraction of sp³-hybridized carbons (Fsp3) is 0. The third kappa shape index (κ3) is 2.06. The molecule has 0 aliphatic heterocycles. The van der Waals surface area contributed by atoms with Crippen LogP contribution in [0.4, 0.5) is 0 Å². The van der Waals surface area contributed by atoms with Gasteiger partial charge in [-0.2, -0.15) is 0 Å². The van der Waals surface area contributed by atoms with Gasteiger partial charge in [0.1, 0.15) is 5.75 Å². The van der Waals surface area contributed by atoms with Gasteiger partial charge in [-0.05, 0) is 22.9 Å². The summed E-state index contributed by atoms with van der Waals surface area (Å²) in [5, 5.41) is 16.2. The second-order valence-corrected chi connectivity index (χ2v) is 5.19. The Kier molecular flexibility index (Phi) is 2.94. The van der Waals surface area contributed by atoms with Crippen LogP contribution in [-0.4, -0.2) is 0 Å². The third-order valence-electron chi connectivity index (χ3n) is 3.81. The van der Waals surface area contributed by atoms with E-state index >= 15 is 0 Å². The number of fused-ring (bicyclic) bond motifs is 2. The van der Waals surface area contributed by atoms with E-state index in [1.54, 1.807) is 6.07 Å².